The van der Waals surface area contributed by atoms with Crippen LogP contribution < -0.4 is 5.56 Å². The highest BCUT2D eigenvalue weighted by Gasteiger charge is 2.16. The van der Waals surface area contributed by atoms with E-state index in [0.29, 0.717) is 0 Å². The van der Waals surface area contributed by atoms with Gasteiger partial charge in [-0.15, -0.1) is 0 Å². The predicted molar refractivity (Wildman–Crippen MR) is 62.4 cm³/mol. The number of allylic oxidation sites excluding steroid dienone is 1. The molecule has 0 saturated carbocycles. The number of thioether (sulfide) groups is 1. The van der Waals surface area contributed by atoms with Crippen LogP contribution in [0.25, 0.3) is 0 Å². The zero-order chi connectivity index (χ0) is 10.7. The van der Waals surface area contributed by atoms with Crippen LogP contribution in [-0.4, -0.2) is 15.7 Å². The third-order valence-corrected chi connectivity index (χ3v) is 3.30. The Morgan fingerprint density at radius 1 is 1.53 bits per heavy atom. The van der Waals surface area contributed by atoms with Crippen LogP contribution in [0, 0.1) is 0 Å². The Morgan fingerprint density at radius 2 is 2.40 bits per heavy atom. The van der Waals surface area contributed by atoms with E-state index in [0.717, 1.165) is 41.4 Å². The van der Waals surface area contributed by atoms with Gasteiger partial charge in [0.15, 0.2) is 5.16 Å². The van der Waals surface area contributed by atoms with Crippen molar-refractivity contribution < 1.29 is 0 Å². The first-order chi connectivity index (χ1) is 7.31. The maximum Gasteiger partial charge on any atom is 0.254 e. The summed E-state index contributed by atoms with van der Waals surface area (Å²) in [6.45, 7) is 1.99. The molecule has 0 bridgehead atoms. The minimum Gasteiger partial charge on any atom is -0.301 e. The molecule has 1 aromatic heterocycles. The zero-order valence-corrected chi connectivity index (χ0v) is 9.56. The fraction of sp³-hybridized carbons (Fsp3) is 0.455. The van der Waals surface area contributed by atoms with E-state index in [-0.39, 0.29) is 5.56 Å². The monoisotopic (exact) mass is 222 g/mol. The number of hydrogen-bond acceptors (Lipinski definition) is 3. The largest absolute Gasteiger partial charge is 0.301 e. The Labute approximate surface area is 93.0 Å². The molecule has 4 heteroatoms. The Morgan fingerprint density at radius 3 is 3.20 bits per heavy atom. The maximum absolute atomic E-state index is 11.6. The number of nitrogens with zero attached hydrogens (tertiary/aromatic N) is 1. The quantitative estimate of drug-likeness (QED) is 0.483. The zero-order valence-electron chi connectivity index (χ0n) is 8.75. The summed E-state index contributed by atoms with van der Waals surface area (Å²) in [5, 5.41) is 0.749. The molecule has 0 aromatic carbocycles. The SMILES string of the molecule is C/C=C/CSc1nc2c(c(=O)[nH]1)CCC2. The van der Waals surface area contributed by atoms with Gasteiger partial charge in [0.25, 0.3) is 5.56 Å². The van der Waals surface area contributed by atoms with E-state index in [9.17, 15) is 4.79 Å². The average Bonchev–Trinajstić information content (AvgIpc) is 2.66. The molecule has 0 fully saturated rings. The molecule has 0 radical (unpaired) electrons. The third kappa shape index (κ3) is 2.31. The van der Waals surface area contributed by atoms with Crippen molar-refractivity contribution in [3.05, 3.63) is 33.8 Å². The third-order valence-electron chi connectivity index (χ3n) is 2.47. The molecule has 1 N–H and O–H groups in total. The van der Waals surface area contributed by atoms with Crippen LogP contribution in [0.1, 0.15) is 24.6 Å². The molecular weight excluding hydrogens is 208 g/mol. The van der Waals surface area contributed by atoms with Crippen LogP contribution >= 0.6 is 11.8 Å². The standard InChI is InChI=1S/C11H14N2OS/c1-2-3-7-15-11-12-9-6-4-5-8(9)10(14)13-11/h2-3H,4-7H2,1H3,(H,12,13,14)/b3-2+. The van der Waals surface area contributed by atoms with E-state index in [2.05, 4.69) is 16.0 Å². The van der Waals surface area contributed by atoms with Crippen molar-refractivity contribution in [2.75, 3.05) is 5.75 Å². The number of nitrogens with one attached hydrogen (secondary N) is 1. The second-order valence-corrected chi connectivity index (χ2v) is 4.54. The number of aromatic amines is 1. The van der Waals surface area contributed by atoms with Crippen LogP contribution in [0.4, 0.5) is 0 Å². The first-order valence-electron chi connectivity index (χ1n) is 5.17. The van der Waals surface area contributed by atoms with E-state index in [4.69, 9.17) is 0 Å². The highest BCUT2D eigenvalue weighted by Crippen LogP contribution is 2.19. The van der Waals surface area contributed by atoms with Crippen molar-refractivity contribution in [3.8, 4) is 0 Å². The van der Waals surface area contributed by atoms with Crippen molar-refractivity contribution in [2.45, 2.75) is 31.3 Å². The lowest BCUT2D eigenvalue weighted by Crippen LogP contribution is -2.14. The van der Waals surface area contributed by atoms with Gasteiger partial charge in [-0.2, -0.15) is 0 Å². The number of aryl methyl sites for hydroxylation is 1. The molecule has 15 heavy (non-hydrogen) atoms. The van der Waals surface area contributed by atoms with E-state index in [1.54, 1.807) is 11.8 Å². The summed E-state index contributed by atoms with van der Waals surface area (Å²) in [4.78, 5) is 18.9. The second kappa shape index (κ2) is 4.66. The Kier molecular flexibility index (Phi) is 3.26. The molecule has 0 amide bonds. The van der Waals surface area contributed by atoms with E-state index in [1.807, 2.05) is 13.0 Å². The van der Waals surface area contributed by atoms with Crippen LogP contribution in [0.2, 0.25) is 0 Å². The molecule has 0 saturated heterocycles. The molecular formula is C11H14N2OS. The van der Waals surface area contributed by atoms with Gasteiger partial charge in [0.05, 0.1) is 5.69 Å². The Hall–Kier alpha value is -1.03. The van der Waals surface area contributed by atoms with Crippen LogP contribution in [0.3, 0.4) is 0 Å². The van der Waals surface area contributed by atoms with Crippen molar-refractivity contribution >= 4 is 11.8 Å². The van der Waals surface area contributed by atoms with Gasteiger partial charge in [0.2, 0.25) is 0 Å². The lowest BCUT2D eigenvalue weighted by molar-refractivity contribution is 0.870. The first kappa shape index (κ1) is 10.5. The van der Waals surface area contributed by atoms with Crippen LogP contribution in [0.5, 0.6) is 0 Å². The molecule has 2 rings (SSSR count). The van der Waals surface area contributed by atoms with Crippen LogP contribution in [0.15, 0.2) is 22.1 Å². The molecule has 1 aromatic rings. The maximum atomic E-state index is 11.6. The Balaban J connectivity index is 2.20. The van der Waals surface area contributed by atoms with E-state index >= 15 is 0 Å². The number of rotatable bonds is 3. The van der Waals surface area contributed by atoms with Crippen molar-refractivity contribution in [1.82, 2.24) is 9.97 Å². The molecule has 80 valence electrons. The van der Waals surface area contributed by atoms with Crippen molar-refractivity contribution in [3.63, 3.8) is 0 Å². The summed E-state index contributed by atoms with van der Waals surface area (Å²) in [7, 11) is 0. The average molecular weight is 222 g/mol. The second-order valence-electron chi connectivity index (χ2n) is 3.53. The van der Waals surface area contributed by atoms with Gasteiger partial charge in [-0.25, -0.2) is 4.98 Å². The number of aromatic nitrogens is 2. The summed E-state index contributed by atoms with van der Waals surface area (Å²) in [5.41, 5.74) is 1.95. The number of fused-ring (bicyclic) bond motifs is 1. The molecule has 3 nitrogen and oxygen atoms in total. The smallest absolute Gasteiger partial charge is 0.254 e. The van der Waals surface area contributed by atoms with Gasteiger partial charge in [-0.05, 0) is 26.2 Å². The predicted octanol–water partition coefficient (Wildman–Crippen LogP) is 1.93. The summed E-state index contributed by atoms with van der Waals surface area (Å²) < 4.78 is 0. The van der Waals surface area contributed by atoms with Gasteiger partial charge >= 0.3 is 0 Å². The summed E-state index contributed by atoms with van der Waals surface area (Å²) in [5.74, 6) is 0.859. The highest BCUT2D eigenvalue weighted by atomic mass is 32.2. The minimum atomic E-state index is 0.0560. The van der Waals surface area contributed by atoms with Crippen molar-refractivity contribution in [2.24, 2.45) is 0 Å². The van der Waals surface area contributed by atoms with Gasteiger partial charge < -0.3 is 4.98 Å². The van der Waals surface area contributed by atoms with E-state index in [1.165, 1.54) is 0 Å². The minimum absolute atomic E-state index is 0.0560. The lowest BCUT2D eigenvalue weighted by atomic mass is 10.3. The molecule has 1 aliphatic rings. The number of hydrogen-bond donors (Lipinski definition) is 1. The van der Waals surface area contributed by atoms with Crippen molar-refractivity contribution in [1.29, 1.82) is 0 Å². The molecule has 1 heterocycles. The normalized spacial score (nSPS) is 14.7. The molecule has 0 unspecified atom stereocenters. The highest BCUT2D eigenvalue weighted by molar-refractivity contribution is 7.99. The molecule has 0 atom stereocenters. The van der Waals surface area contributed by atoms with E-state index < -0.39 is 0 Å². The topological polar surface area (TPSA) is 45.8 Å². The summed E-state index contributed by atoms with van der Waals surface area (Å²) >= 11 is 1.57. The fourth-order valence-electron chi connectivity index (χ4n) is 1.71. The van der Waals surface area contributed by atoms with Crippen LogP contribution in [-0.2, 0) is 12.8 Å². The fourth-order valence-corrected chi connectivity index (χ4v) is 2.50. The van der Waals surface area contributed by atoms with Gasteiger partial charge in [-0.1, -0.05) is 23.9 Å². The lowest BCUT2D eigenvalue weighted by Gasteiger charge is -2.01. The molecule has 1 aliphatic carbocycles. The first-order valence-corrected chi connectivity index (χ1v) is 6.16. The molecule has 0 aliphatic heterocycles. The van der Waals surface area contributed by atoms with Gasteiger partial charge in [0, 0.05) is 11.3 Å². The summed E-state index contributed by atoms with van der Waals surface area (Å²) in [6, 6.07) is 0. The number of H-pyrrole nitrogens is 1. The van der Waals surface area contributed by atoms with Gasteiger partial charge in [0.1, 0.15) is 0 Å². The van der Waals surface area contributed by atoms with Gasteiger partial charge in [-0.3, -0.25) is 4.79 Å². The molecule has 0 spiro atoms. The summed E-state index contributed by atoms with van der Waals surface area (Å²) in [6.07, 6.45) is 6.96. The Bertz CT molecular complexity index is 437.